The first kappa shape index (κ1) is 16.5. The lowest BCUT2D eigenvalue weighted by Crippen LogP contribution is -2.22. The van der Waals surface area contributed by atoms with Crippen LogP contribution in [0.15, 0.2) is 54.7 Å². The number of hydrogen-bond acceptors (Lipinski definition) is 3. The van der Waals surface area contributed by atoms with Gasteiger partial charge in [0, 0.05) is 24.7 Å². The molecule has 1 amide bonds. The number of halogens is 1. The Bertz CT molecular complexity index is 946. The number of hydrogen-bond donors (Lipinski definition) is 1. The molecule has 1 aromatic heterocycles. The third-order valence-corrected chi connectivity index (χ3v) is 4.77. The van der Waals surface area contributed by atoms with Crippen molar-refractivity contribution in [2.45, 2.75) is 19.3 Å². The van der Waals surface area contributed by atoms with Crippen molar-refractivity contribution in [3.63, 3.8) is 0 Å². The summed E-state index contributed by atoms with van der Waals surface area (Å²) in [4.78, 5) is 19.1. The van der Waals surface area contributed by atoms with Gasteiger partial charge in [-0.3, -0.25) is 9.78 Å². The van der Waals surface area contributed by atoms with Gasteiger partial charge in [0.1, 0.15) is 11.5 Å². The molecule has 132 valence electrons. The summed E-state index contributed by atoms with van der Waals surface area (Å²) in [7, 11) is 0. The molecule has 0 radical (unpaired) electrons. The highest BCUT2D eigenvalue weighted by Gasteiger charge is 2.20. The second-order valence-electron chi connectivity index (χ2n) is 6.55. The SMILES string of the molecule is O=C(Cc1cccc2cccnc12)Nc1c(F)cccc1N1CCCC1. The number of anilines is 2. The molecule has 1 saturated heterocycles. The van der Waals surface area contributed by atoms with Crippen LogP contribution in [0.2, 0.25) is 0 Å². The number of nitrogens with one attached hydrogen (secondary N) is 1. The predicted molar refractivity (Wildman–Crippen MR) is 102 cm³/mol. The third-order valence-electron chi connectivity index (χ3n) is 4.77. The minimum absolute atomic E-state index is 0.155. The number of amides is 1. The van der Waals surface area contributed by atoms with Crippen molar-refractivity contribution in [2.75, 3.05) is 23.3 Å². The maximum absolute atomic E-state index is 14.4. The zero-order valence-electron chi connectivity index (χ0n) is 14.4. The topological polar surface area (TPSA) is 45.2 Å². The number of benzene rings is 2. The average molecular weight is 349 g/mol. The minimum atomic E-state index is -0.404. The number of rotatable bonds is 4. The maximum atomic E-state index is 14.4. The van der Waals surface area contributed by atoms with E-state index in [2.05, 4.69) is 15.2 Å². The van der Waals surface area contributed by atoms with E-state index in [1.807, 2.05) is 36.4 Å². The van der Waals surface area contributed by atoms with Crippen molar-refractivity contribution in [1.82, 2.24) is 4.98 Å². The highest BCUT2D eigenvalue weighted by atomic mass is 19.1. The summed E-state index contributed by atoms with van der Waals surface area (Å²) in [6.45, 7) is 1.78. The Morgan fingerprint density at radius 1 is 1.08 bits per heavy atom. The molecule has 0 saturated carbocycles. The molecule has 1 N–H and O–H groups in total. The van der Waals surface area contributed by atoms with E-state index in [0.717, 1.165) is 48.1 Å². The Hall–Kier alpha value is -2.95. The monoisotopic (exact) mass is 349 g/mol. The lowest BCUT2D eigenvalue weighted by atomic mass is 10.1. The van der Waals surface area contributed by atoms with Crippen LogP contribution in [0.25, 0.3) is 10.9 Å². The molecule has 2 aromatic carbocycles. The minimum Gasteiger partial charge on any atom is -0.370 e. The maximum Gasteiger partial charge on any atom is 0.229 e. The molecule has 0 bridgehead atoms. The summed E-state index contributed by atoms with van der Waals surface area (Å²) >= 11 is 0. The molecule has 0 unspecified atom stereocenters. The smallest absolute Gasteiger partial charge is 0.229 e. The van der Waals surface area contributed by atoms with Crippen molar-refractivity contribution < 1.29 is 9.18 Å². The first-order valence-electron chi connectivity index (χ1n) is 8.88. The van der Waals surface area contributed by atoms with Crippen LogP contribution in [0, 0.1) is 5.82 Å². The molecule has 5 heteroatoms. The van der Waals surface area contributed by atoms with E-state index in [9.17, 15) is 9.18 Å². The van der Waals surface area contributed by atoms with E-state index in [-0.39, 0.29) is 18.0 Å². The van der Waals surface area contributed by atoms with Gasteiger partial charge in [0.25, 0.3) is 0 Å². The van der Waals surface area contributed by atoms with Gasteiger partial charge in [0.05, 0.1) is 17.6 Å². The van der Waals surface area contributed by atoms with Crippen LogP contribution in [0.3, 0.4) is 0 Å². The summed E-state index contributed by atoms with van der Waals surface area (Å²) in [5, 5.41) is 3.77. The quantitative estimate of drug-likeness (QED) is 0.769. The van der Waals surface area contributed by atoms with Crippen LogP contribution in [0.4, 0.5) is 15.8 Å². The Morgan fingerprint density at radius 2 is 1.85 bits per heavy atom. The average Bonchev–Trinajstić information content (AvgIpc) is 3.18. The second kappa shape index (κ2) is 7.12. The molecule has 1 aliphatic rings. The Labute approximate surface area is 151 Å². The molecule has 0 atom stereocenters. The predicted octanol–water partition coefficient (Wildman–Crippen LogP) is 4.16. The van der Waals surface area contributed by atoms with Gasteiger partial charge < -0.3 is 10.2 Å². The third kappa shape index (κ3) is 3.25. The van der Waals surface area contributed by atoms with Crippen molar-refractivity contribution >= 4 is 28.2 Å². The summed E-state index contributed by atoms with van der Waals surface area (Å²) < 4.78 is 14.4. The summed E-state index contributed by atoms with van der Waals surface area (Å²) in [5.41, 5.74) is 2.66. The first-order valence-corrected chi connectivity index (χ1v) is 8.88. The van der Waals surface area contributed by atoms with Gasteiger partial charge in [-0.2, -0.15) is 0 Å². The lowest BCUT2D eigenvalue weighted by Gasteiger charge is -2.22. The highest BCUT2D eigenvalue weighted by Crippen LogP contribution is 2.31. The van der Waals surface area contributed by atoms with Crippen LogP contribution in [-0.4, -0.2) is 24.0 Å². The van der Waals surface area contributed by atoms with Crippen LogP contribution in [0.1, 0.15) is 18.4 Å². The van der Waals surface area contributed by atoms with Crippen molar-refractivity contribution in [1.29, 1.82) is 0 Å². The normalized spacial score (nSPS) is 14.0. The van der Waals surface area contributed by atoms with Gasteiger partial charge in [0.15, 0.2) is 0 Å². The molecular formula is C21H20FN3O. The Morgan fingerprint density at radius 3 is 2.69 bits per heavy atom. The fraction of sp³-hybridized carbons (Fsp3) is 0.238. The van der Waals surface area contributed by atoms with E-state index in [1.54, 1.807) is 12.3 Å². The molecule has 0 aliphatic carbocycles. The number of nitrogens with zero attached hydrogens (tertiary/aromatic N) is 2. The van der Waals surface area contributed by atoms with Gasteiger partial charge in [-0.05, 0) is 36.6 Å². The van der Waals surface area contributed by atoms with Crippen molar-refractivity contribution in [3.05, 3.63) is 66.1 Å². The van der Waals surface area contributed by atoms with Gasteiger partial charge in [0.2, 0.25) is 5.91 Å². The number of fused-ring (bicyclic) bond motifs is 1. The van der Waals surface area contributed by atoms with Gasteiger partial charge in [-0.25, -0.2) is 4.39 Å². The van der Waals surface area contributed by atoms with Crippen molar-refractivity contribution in [2.24, 2.45) is 0 Å². The van der Waals surface area contributed by atoms with Gasteiger partial charge >= 0.3 is 0 Å². The molecule has 26 heavy (non-hydrogen) atoms. The lowest BCUT2D eigenvalue weighted by molar-refractivity contribution is -0.115. The number of para-hydroxylation sites is 2. The van der Waals surface area contributed by atoms with E-state index in [0.29, 0.717) is 0 Å². The van der Waals surface area contributed by atoms with Crippen LogP contribution in [-0.2, 0) is 11.2 Å². The Balaban J connectivity index is 1.59. The number of carbonyl (C=O) groups excluding carboxylic acids is 1. The van der Waals surface area contributed by atoms with E-state index in [1.165, 1.54) is 6.07 Å². The largest absolute Gasteiger partial charge is 0.370 e. The molecule has 3 aromatic rings. The van der Waals surface area contributed by atoms with Crippen molar-refractivity contribution in [3.8, 4) is 0 Å². The zero-order valence-corrected chi connectivity index (χ0v) is 14.4. The first-order chi connectivity index (χ1) is 12.7. The molecule has 4 nitrogen and oxygen atoms in total. The number of carbonyl (C=O) groups is 1. The Kier molecular flexibility index (Phi) is 4.52. The fourth-order valence-corrected chi connectivity index (χ4v) is 3.52. The fourth-order valence-electron chi connectivity index (χ4n) is 3.52. The standard InChI is InChI=1S/C21H20FN3O/c22-17-9-4-10-18(25-12-1-2-13-25)21(17)24-19(26)14-16-7-3-6-15-8-5-11-23-20(15)16/h3-11H,1-2,12-14H2,(H,24,26). The van der Waals surface area contributed by atoms with Gasteiger partial charge in [-0.15, -0.1) is 0 Å². The molecule has 4 rings (SSSR count). The molecular weight excluding hydrogens is 329 g/mol. The number of pyridine rings is 1. The molecule has 0 spiro atoms. The molecule has 1 aliphatic heterocycles. The van der Waals surface area contributed by atoms with Crippen LogP contribution >= 0.6 is 0 Å². The van der Waals surface area contributed by atoms with Gasteiger partial charge in [-0.1, -0.05) is 30.3 Å². The highest BCUT2D eigenvalue weighted by molar-refractivity contribution is 5.97. The second-order valence-corrected chi connectivity index (χ2v) is 6.55. The molecule has 2 heterocycles. The van der Waals surface area contributed by atoms with E-state index in [4.69, 9.17) is 0 Å². The summed E-state index contributed by atoms with van der Waals surface area (Å²) in [6.07, 6.45) is 4.05. The van der Waals surface area contributed by atoms with E-state index < -0.39 is 5.82 Å². The zero-order chi connectivity index (χ0) is 17.9. The van der Waals surface area contributed by atoms with Crippen LogP contribution < -0.4 is 10.2 Å². The molecule has 1 fully saturated rings. The number of aromatic nitrogens is 1. The summed E-state index contributed by atoms with van der Waals surface area (Å²) in [5.74, 6) is -0.646. The summed E-state index contributed by atoms with van der Waals surface area (Å²) in [6, 6.07) is 14.5. The van der Waals surface area contributed by atoms with E-state index >= 15 is 0 Å². The van der Waals surface area contributed by atoms with Crippen LogP contribution in [0.5, 0.6) is 0 Å².